The molecule has 2 aromatic carbocycles. The van der Waals surface area contributed by atoms with Crippen LogP contribution in [0.3, 0.4) is 0 Å². The Balaban J connectivity index is 2.06. The van der Waals surface area contributed by atoms with Crippen LogP contribution in [0.4, 0.5) is 16.2 Å². The Labute approximate surface area is 129 Å². The molecule has 0 fully saturated rings. The minimum Gasteiger partial charge on any atom is -0.351 e. The number of hydrogen-bond acceptors (Lipinski definition) is 2. The van der Waals surface area contributed by atoms with Crippen LogP contribution in [0.15, 0.2) is 48.5 Å². The average Bonchev–Trinajstić information content (AvgIpc) is 2.49. The van der Waals surface area contributed by atoms with Crippen molar-refractivity contribution in [1.29, 1.82) is 0 Å². The Hall–Kier alpha value is -2.82. The van der Waals surface area contributed by atoms with Gasteiger partial charge in [-0.3, -0.25) is 4.79 Å². The first kappa shape index (κ1) is 15.6. The first-order valence-electron chi connectivity index (χ1n) is 7.15. The molecule has 22 heavy (non-hydrogen) atoms. The lowest BCUT2D eigenvalue weighted by Crippen LogP contribution is -2.19. The van der Waals surface area contributed by atoms with E-state index in [1.54, 1.807) is 24.3 Å². The summed E-state index contributed by atoms with van der Waals surface area (Å²) < 4.78 is 0. The Morgan fingerprint density at radius 3 is 2.36 bits per heavy atom. The molecule has 5 heteroatoms. The molecular formula is C17H19N3O2. The number of rotatable bonds is 5. The maximum absolute atomic E-state index is 12.2. The van der Waals surface area contributed by atoms with Crippen LogP contribution in [0.5, 0.6) is 0 Å². The zero-order valence-corrected chi connectivity index (χ0v) is 12.4. The molecule has 0 saturated heterocycles. The van der Waals surface area contributed by atoms with Crippen LogP contribution in [-0.4, -0.2) is 11.9 Å². The number of carbonyl (C=O) groups is 2. The predicted molar refractivity (Wildman–Crippen MR) is 88.0 cm³/mol. The third kappa shape index (κ3) is 4.34. The number of aryl methyl sites for hydroxylation is 1. The van der Waals surface area contributed by atoms with Crippen LogP contribution < -0.4 is 16.4 Å². The van der Waals surface area contributed by atoms with Crippen molar-refractivity contribution in [3.8, 4) is 0 Å². The third-order valence-corrected chi connectivity index (χ3v) is 3.14. The zero-order valence-electron chi connectivity index (χ0n) is 12.4. The fourth-order valence-electron chi connectivity index (χ4n) is 2.13. The molecule has 0 aromatic heterocycles. The summed E-state index contributed by atoms with van der Waals surface area (Å²) in [5, 5.41) is 5.27. The highest BCUT2D eigenvalue weighted by Gasteiger charge is 2.07. The molecule has 0 spiro atoms. The Bertz CT molecular complexity index is 666. The summed E-state index contributed by atoms with van der Waals surface area (Å²) in [6.07, 6.45) is 2.11. The standard InChI is InChI=1S/C17H19N3O2/c1-2-4-12-7-9-14(10-8-12)19-16(21)13-5-3-6-15(11-13)20-17(18)22/h3,5-11H,2,4H2,1H3,(H,19,21)(H3,18,20,22). The number of nitrogens with two attached hydrogens (primary N) is 1. The van der Waals surface area contributed by atoms with Gasteiger partial charge in [0, 0.05) is 16.9 Å². The number of carbonyl (C=O) groups excluding carboxylic acids is 2. The number of benzene rings is 2. The molecule has 5 nitrogen and oxygen atoms in total. The van der Waals surface area contributed by atoms with Crippen molar-refractivity contribution in [2.75, 3.05) is 10.6 Å². The van der Waals surface area contributed by atoms with Gasteiger partial charge in [-0.15, -0.1) is 0 Å². The first-order chi connectivity index (χ1) is 10.6. The molecule has 114 valence electrons. The van der Waals surface area contributed by atoms with Crippen LogP contribution in [0.1, 0.15) is 29.3 Å². The fourth-order valence-corrected chi connectivity index (χ4v) is 2.13. The van der Waals surface area contributed by atoms with Crippen molar-refractivity contribution in [1.82, 2.24) is 0 Å². The van der Waals surface area contributed by atoms with Crippen molar-refractivity contribution in [2.45, 2.75) is 19.8 Å². The molecule has 0 heterocycles. The van der Waals surface area contributed by atoms with Crippen molar-refractivity contribution in [2.24, 2.45) is 5.73 Å². The summed E-state index contributed by atoms with van der Waals surface area (Å²) in [5.74, 6) is -0.239. The van der Waals surface area contributed by atoms with Crippen LogP contribution in [0, 0.1) is 0 Å². The molecule has 4 N–H and O–H groups in total. The lowest BCUT2D eigenvalue weighted by Gasteiger charge is -2.08. The number of primary amides is 1. The van der Waals surface area contributed by atoms with E-state index in [1.807, 2.05) is 24.3 Å². The monoisotopic (exact) mass is 297 g/mol. The number of hydrogen-bond donors (Lipinski definition) is 3. The third-order valence-electron chi connectivity index (χ3n) is 3.14. The lowest BCUT2D eigenvalue weighted by molar-refractivity contribution is 0.102. The van der Waals surface area contributed by atoms with Gasteiger partial charge in [0.15, 0.2) is 0 Å². The summed E-state index contributed by atoms with van der Waals surface area (Å²) in [6.45, 7) is 2.13. The van der Waals surface area contributed by atoms with E-state index in [1.165, 1.54) is 5.56 Å². The van der Waals surface area contributed by atoms with E-state index in [2.05, 4.69) is 17.6 Å². The number of urea groups is 1. The van der Waals surface area contributed by atoms with Crippen molar-refractivity contribution in [3.05, 3.63) is 59.7 Å². The smallest absolute Gasteiger partial charge is 0.316 e. The maximum atomic E-state index is 12.2. The van der Waals surface area contributed by atoms with Crippen molar-refractivity contribution >= 4 is 23.3 Å². The summed E-state index contributed by atoms with van der Waals surface area (Å²) in [5.41, 5.74) is 7.97. The van der Waals surface area contributed by atoms with Gasteiger partial charge in [0.2, 0.25) is 0 Å². The van der Waals surface area contributed by atoms with Gasteiger partial charge in [0.1, 0.15) is 0 Å². The van der Waals surface area contributed by atoms with Gasteiger partial charge >= 0.3 is 6.03 Å². The largest absolute Gasteiger partial charge is 0.351 e. The molecule has 2 rings (SSSR count). The molecule has 0 unspecified atom stereocenters. The second-order valence-corrected chi connectivity index (χ2v) is 4.97. The second kappa shape index (κ2) is 7.26. The summed E-state index contributed by atoms with van der Waals surface area (Å²) in [6, 6.07) is 13.7. The van der Waals surface area contributed by atoms with Gasteiger partial charge in [-0.05, 0) is 42.3 Å². The topological polar surface area (TPSA) is 84.2 Å². The molecule has 2 aromatic rings. The maximum Gasteiger partial charge on any atom is 0.316 e. The van der Waals surface area contributed by atoms with Crippen molar-refractivity contribution in [3.63, 3.8) is 0 Å². The SMILES string of the molecule is CCCc1ccc(NC(=O)c2cccc(NC(N)=O)c2)cc1. The Kier molecular flexibility index (Phi) is 5.14. The normalized spacial score (nSPS) is 10.0. The highest BCUT2D eigenvalue weighted by molar-refractivity contribution is 6.05. The molecule has 0 aliphatic rings. The van der Waals surface area contributed by atoms with E-state index in [0.717, 1.165) is 18.5 Å². The Morgan fingerprint density at radius 2 is 1.73 bits per heavy atom. The van der Waals surface area contributed by atoms with Gasteiger partial charge in [-0.2, -0.15) is 0 Å². The molecule has 0 radical (unpaired) electrons. The molecule has 0 saturated carbocycles. The summed E-state index contributed by atoms with van der Waals surface area (Å²) >= 11 is 0. The van der Waals surface area contributed by atoms with Crippen LogP contribution in [-0.2, 0) is 6.42 Å². The van der Waals surface area contributed by atoms with Crippen LogP contribution in [0.2, 0.25) is 0 Å². The second-order valence-electron chi connectivity index (χ2n) is 4.97. The molecule has 3 amide bonds. The van der Waals surface area contributed by atoms with Gasteiger partial charge in [0.05, 0.1) is 0 Å². The van der Waals surface area contributed by atoms with Crippen molar-refractivity contribution < 1.29 is 9.59 Å². The quantitative estimate of drug-likeness (QED) is 0.790. The molecule has 0 aliphatic heterocycles. The number of anilines is 2. The van der Waals surface area contributed by atoms with Gasteiger partial charge < -0.3 is 16.4 Å². The molecule has 0 aliphatic carbocycles. The minimum absolute atomic E-state index is 0.239. The van der Waals surface area contributed by atoms with Gasteiger partial charge in [-0.25, -0.2) is 4.79 Å². The highest BCUT2D eigenvalue weighted by Crippen LogP contribution is 2.15. The highest BCUT2D eigenvalue weighted by atomic mass is 16.2. The van der Waals surface area contributed by atoms with E-state index in [0.29, 0.717) is 11.3 Å². The fraction of sp³-hybridized carbons (Fsp3) is 0.176. The average molecular weight is 297 g/mol. The summed E-state index contributed by atoms with van der Waals surface area (Å²) in [7, 11) is 0. The van der Waals surface area contributed by atoms with Gasteiger partial charge in [-0.1, -0.05) is 31.5 Å². The molecular weight excluding hydrogens is 278 g/mol. The molecule has 0 atom stereocenters. The van der Waals surface area contributed by atoms with E-state index in [4.69, 9.17) is 5.73 Å². The first-order valence-corrected chi connectivity index (χ1v) is 7.15. The minimum atomic E-state index is -0.663. The zero-order chi connectivity index (χ0) is 15.9. The van der Waals surface area contributed by atoms with Crippen LogP contribution >= 0.6 is 0 Å². The molecule has 0 bridgehead atoms. The van der Waals surface area contributed by atoms with Crippen LogP contribution in [0.25, 0.3) is 0 Å². The number of amides is 3. The predicted octanol–water partition coefficient (Wildman–Crippen LogP) is 3.38. The van der Waals surface area contributed by atoms with E-state index in [-0.39, 0.29) is 5.91 Å². The Morgan fingerprint density at radius 1 is 1.00 bits per heavy atom. The summed E-state index contributed by atoms with van der Waals surface area (Å²) in [4.78, 5) is 23.0. The van der Waals surface area contributed by atoms with E-state index >= 15 is 0 Å². The van der Waals surface area contributed by atoms with E-state index in [9.17, 15) is 9.59 Å². The van der Waals surface area contributed by atoms with Gasteiger partial charge in [0.25, 0.3) is 5.91 Å². The van der Waals surface area contributed by atoms with E-state index < -0.39 is 6.03 Å². The number of nitrogens with one attached hydrogen (secondary N) is 2. The lowest BCUT2D eigenvalue weighted by atomic mass is 10.1.